The Labute approximate surface area is 139 Å². The van der Waals surface area contributed by atoms with Crippen LogP contribution in [0.5, 0.6) is 0 Å². The average Bonchev–Trinajstić information content (AvgIpc) is 3.04. The first-order valence-electron chi connectivity index (χ1n) is 7.90. The lowest BCUT2D eigenvalue weighted by Gasteiger charge is -2.23. The largest absolute Gasteiger partial charge is 0.371 e. The molecule has 1 aromatic heterocycles. The molecule has 1 fully saturated rings. The van der Waals surface area contributed by atoms with Crippen molar-refractivity contribution in [2.45, 2.75) is 31.9 Å². The number of nitrogens with zero attached hydrogens (tertiary/aromatic N) is 1. The monoisotopic (exact) mass is 328 g/mol. The van der Waals surface area contributed by atoms with Crippen LogP contribution in [-0.2, 0) is 16.9 Å². The number of carbonyl (C=O) groups excluding carboxylic acids is 1. The summed E-state index contributed by atoms with van der Waals surface area (Å²) in [5, 5.41) is 8.61. The molecule has 1 amide bonds. The number of aromatic nitrogens is 1. The fraction of sp³-hybridized carbons (Fsp3) is 0.333. The normalized spacial score (nSPS) is 20.1. The van der Waals surface area contributed by atoms with Crippen LogP contribution in [0.1, 0.15) is 41.3 Å². The summed E-state index contributed by atoms with van der Waals surface area (Å²) in [7, 11) is 0. The molecule has 2 N–H and O–H groups in total. The Morgan fingerprint density at radius 1 is 1.33 bits per heavy atom. The van der Waals surface area contributed by atoms with Crippen molar-refractivity contribution in [3.63, 3.8) is 0 Å². The van der Waals surface area contributed by atoms with Crippen molar-refractivity contribution in [1.82, 2.24) is 10.0 Å². The van der Waals surface area contributed by atoms with E-state index in [2.05, 4.69) is 0 Å². The summed E-state index contributed by atoms with van der Waals surface area (Å²) in [5.41, 5.74) is 3.31. The second kappa shape index (κ2) is 6.59. The molecule has 1 saturated heterocycles. The Morgan fingerprint density at radius 3 is 2.67 bits per heavy atom. The summed E-state index contributed by atoms with van der Waals surface area (Å²) in [6, 6.07) is 10.3. The molecule has 6 nitrogen and oxygen atoms in total. The van der Waals surface area contributed by atoms with Crippen LogP contribution >= 0.6 is 0 Å². The maximum atomic E-state index is 12.4. The first kappa shape index (κ1) is 16.4. The third-order valence-corrected chi connectivity index (χ3v) is 4.50. The molecular formula is C18H20N2O4. The number of carbonyl (C=O) groups is 1. The van der Waals surface area contributed by atoms with Gasteiger partial charge in [-0.3, -0.25) is 14.8 Å². The van der Waals surface area contributed by atoms with Gasteiger partial charge in [0.1, 0.15) is 0 Å². The van der Waals surface area contributed by atoms with Crippen LogP contribution in [0.3, 0.4) is 0 Å². The van der Waals surface area contributed by atoms with Crippen LogP contribution < -0.4 is 11.0 Å². The Morgan fingerprint density at radius 2 is 2.08 bits per heavy atom. The Kier molecular flexibility index (Phi) is 4.51. The summed E-state index contributed by atoms with van der Waals surface area (Å²) in [5.74, 6) is -0.562. The van der Waals surface area contributed by atoms with E-state index in [4.69, 9.17) is 9.94 Å². The van der Waals surface area contributed by atoms with Gasteiger partial charge in [0.15, 0.2) is 0 Å². The van der Waals surface area contributed by atoms with Crippen LogP contribution in [0, 0.1) is 0 Å². The maximum absolute atomic E-state index is 12.4. The van der Waals surface area contributed by atoms with Gasteiger partial charge in [0, 0.05) is 24.4 Å². The van der Waals surface area contributed by atoms with Crippen molar-refractivity contribution in [2.24, 2.45) is 0 Å². The zero-order chi connectivity index (χ0) is 17.2. The zero-order valence-electron chi connectivity index (χ0n) is 13.5. The zero-order valence-corrected chi connectivity index (χ0v) is 13.5. The number of amides is 1. The number of pyridine rings is 1. The summed E-state index contributed by atoms with van der Waals surface area (Å²) in [6.07, 6.45) is 3.71. The summed E-state index contributed by atoms with van der Waals surface area (Å²) in [4.78, 5) is 23.7. The van der Waals surface area contributed by atoms with Crippen LogP contribution in [0.15, 0.2) is 47.4 Å². The molecule has 2 heterocycles. The number of ether oxygens (including phenoxy) is 1. The van der Waals surface area contributed by atoms with Gasteiger partial charge in [-0.05, 0) is 49.1 Å². The van der Waals surface area contributed by atoms with Crippen molar-refractivity contribution < 1.29 is 14.7 Å². The van der Waals surface area contributed by atoms with Crippen LogP contribution in [0.2, 0.25) is 0 Å². The second-order valence-electron chi connectivity index (χ2n) is 6.20. The minimum absolute atomic E-state index is 0.0820. The highest BCUT2D eigenvalue weighted by Crippen LogP contribution is 2.34. The van der Waals surface area contributed by atoms with Crippen molar-refractivity contribution in [1.29, 1.82) is 0 Å². The van der Waals surface area contributed by atoms with E-state index in [1.54, 1.807) is 46.6 Å². The molecule has 0 aliphatic carbocycles. The summed E-state index contributed by atoms with van der Waals surface area (Å²) >= 11 is 0. The first-order chi connectivity index (χ1) is 11.5. The third kappa shape index (κ3) is 3.25. The fourth-order valence-corrected chi connectivity index (χ4v) is 3.00. The predicted molar refractivity (Wildman–Crippen MR) is 88.0 cm³/mol. The summed E-state index contributed by atoms with van der Waals surface area (Å²) < 4.78 is 7.39. The molecular weight excluding hydrogens is 308 g/mol. The molecule has 6 heteroatoms. The minimum Gasteiger partial charge on any atom is -0.371 e. The fourth-order valence-electron chi connectivity index (χ4n) is 3.00. The second-order valence-corrected chi connectivity index (χ2v) is 6.20. The molecule has 0 saturated carbocycles. The summed E-state index contributed by atoms with van der Waals surface area (Å²) in [6.45, 7) is 3.16. The Hall–Kier alpha value is -2.44. The van der Waals surface area contributed by atoms with Crippen LogP contribution in [0.4, 0.5) is 0 Å². The number of nitrogens with one attached hydrogen (secondary N) is 1. The number of hydroxylamine groups is 1. The molecule has 1 unspecified atom stereocenters. The van der Waals surface area contributed by atoms with Gasteiger partial charge in [-0.1, -0.05) is 12.1 Å². The van der Waals surface area contributed by atoms with Gasteiger partial charge in [0.2, 0.25) is 0 Å². The van der Waals surface area contributed by atoms with Crippen LogP contribution in [0.25, 0.3) is 0 Å². The molecule has 1 aromatic carbocycles. The van der Waals surface area contributed by atoms with E-state index in [1.807, 2.05) is 13.0 Å². The van der Waals surface area contributed by atoms with Crippen molar-refractivity contribution in [3.8, 4) is 0 Å². The van der Waals surface area contributed by atoms with Gasteiger partial charge in [0.05, 0.1) is 12.1 Å². The lowest BCUT2D eigenvalue weighted by Crippen LogP contribution is -2.26. The molecule has 2 aromatic rings. The van der Waals surface area contributed by atoms with Gasteiger partial charge in [-0.25, -0.2) is 5.48 Å². The van der Waals surface area contributed by atoms with E-state index in [1.165, 1.54) is 0 Å². The van der Waals surface area contributed by atoms with E-state index in [9.17, 15) is 9.59 Å². The van der Waals surface area contributed by atoms with Crippen molar-refractivity contribution in [3.05, 3.63) is 69.6 Å². The predicted octanol–water partition coefficient (Wildman–Crippen LogP) is 2.04. The number of hydrogen-bond donors (Lipinski definition) is 2. The topological polar surface area (TPSA) is 80.6 Å². The van der Waals surface area contributed by atoms with Crippen molar-refractivity contribution >= 4 is 5.91 Å². The molecule has 24 heavy (non-hydrogen) atoms. The first-order valence-corrected chi connectivity index (χ1v) is 7.90. The highest BCUT2D eigenvalue weighted by molar-refractivity contribution is 5.93. The van der Waals surface area contributed by atoms with E-state index in [0.717, 1.165) is 30.6 Å². The van der Waals surface area contributed by atoms with Gasteiger partial charge < -0.3 is 9.30 Å². The lowest BCUT2D eigenvalue weighted by molar-refractivity contribution is 0.0166. The van der Waals surface area contributed by atoms with Gasteiger partial charge >= 0.3 is 0 Å². The highest BCUT2D eigenvalue weighted by Gasteiger charge is 2.32. The Bertz CT molecular complexity index is 789. The van der Waals surface area contributed by atoms with E-state index in [-0.39, 0.29) is 11.2 Å². The van der Waals surface area contributed by atoms with Crippen LogP contribution in [-0.4, -0.2) is 22.3 Å². The molecule has 0 spiro atoms. The van der Waals surface area contributed by atoms with Gasteiger partial charge in [-0.15, -0.1) is 0 Å². The Balaban J connectivity index is 1.78. The molecule has 3 rings (SSSR count). The molecule has 1 atom stereocenters. The van der Waals surface area contributed by atoms with Gasteiger partial charge in [0.25, 0.3) is 11.5 Å². The third-order valence-electron chi connectivity index (χ3n) is 4.50. The smallest absolute Gasteiger partial charge is 0.274 e. The number of hydrogen-bond acceptors (Lipinski definition) is 4. The maximum Gasteiger partial charge on any atom is 0.274 e. The molecule has 1 aliphatic rings. The molecule has 0 bridgehead atoms. The number of rotatable bonds is 4. The quantitative estimate of drug-likeness (QED) is 0.665. The molecule has 126 valence electrons. The SMILES string of the molecule is CC1(c2ccn(Cc3ccc(C(=O)NO)cc3)c(=O)c2)CCCO1. The highest BCUT2D eigenvalue weighted by atomic mass is 16.5. The molecule has 0 radical (unpaired) electrons. The standard InChI is InChI=1S/C18H20N2O4/c1-18(8-2-10-24-18)15-7-9-20(16(21)11-15)12-13-3-5-14(6-4-13)17(22)19-23/h3-7,9,11,23H,2,8,10,12H2,1H3,(H,19,22). The number of benzene rings is 1. The van der Waals surface area contributed by atoms with Gasteiger partial charge in [-0.2, -0.15) is 0 Å². The minimum atomic E-state index is -0.562. The average molecular weight is 328 g/mol. The van der Waals surface area contributed by atoms with E-state index in [0.29, 0.717) is 12.1 Å². The van der Waals surface area contributed by atoms with E-state index >= 15 is 0 Å². The van der Waals surface area contributed by atoms with Crippen molar-refractivity contribution in [2.75, 3.05) is 6.61 Å². The van der Waals surface area contributed by atoms with E-state index < -0.39 is 5.91 Å². The lowest BCUT2D eigenvalue weighted by atomic mass is 9.94. The molecule has 1 aliphatic heterocycles.